The molecule has 0 bridgehead atoms. The van der Waals surface area contributed by atoms with Crippen LogP contribution in [0.25, 0.3) is 0 Å². The Bertz CT molecular complexity index is 1180. The van der Waals surface area contributed by atoms with Gasteiger partial charge in [0.25, 0.3) is 11.8 Å². The Hall–Kier alpha value is -3.55. The van der Waals surface area contributed by atoms with E-state index in [1.165, 1.54) is 6.07 Å². The number of halogens is 1. The van der Waals surface area contributed by atoms with E-state index in [2.05, 4.69) is 27.5 Å². The number of nitrogens with one attached hydrogen (secondary N) is 2. The summed E-state index contributed by atoms with van der Waals surface area (Å²) < 4.78 is 0. The Morgan fingerprint density at radius 1 is 0.857 bits per heavy atom. The first kappa shape index (κ1) is 26.1. The van der Waals surface area contributed by atoms with Crippen molar-refractivity contribution in [1.82, 2.24) is 4.90 Å². The summed E-state index contributed by atoms with van der Waals surface area (Å²) in [6.07, 6.45) is 1.10. The average Bonchev–Trinajstić information content (AvgIpc) is 3.05. The number of anilines is 3. The van der Waals surface area contributed by atoms with Crippen molar-refractivity contribution in [2.75, 3.05) is 48.8 Å². The van der Waals surface area contributed by atoms with Crippen molar-refractivity contribution in [2.24, 2.45) is 0 Å². The number of carbonyl (C=O) groups is 2. The van der Waals surface area contributed by atoms with Gasteiger partial charge in [0.2, 0.25) is 0 Å². The molecule has 0 saturated carbocycles. The highest BCUT2D eigenvalue weighted by atomic mass is 35.5. The molecule has 184 valence electrons. The lowest BCUT2D eigenvalue weighted by Crippen LogP contribution is -2.28. The Morgan fingerprint density at radius 3 is 2.34 bits per heavy atom. The third-order valence-electron chi connectivity index (χ3n) is 6.02. The van der Waals surface area contributed by atoms with Gasteiger partial charge >= 0.3 is 0 Å². The number of amides is 2. The van der Waals surface area contributed by atoms with Gasteiger partial charge in [-0.05, 0) is 81.0 Å². The first-order valence-corrected chi connectivity index (χ1v) is 11.5. The van der Waals surface area contributed by atoms with Crippen LogP contribution in [0.1, 0.15) is 32.7 Å². The van der Waals surface area contributed by atoms with E-state index >= 15 is 0 Å². The van der Waals surface area contributed by atoms with Crippen molar-refractivity contribution in [3.8, 4) is 5.75 Å². The van der Waals surface area contributed by atoms with Crippen molar-refractivity contribution < 1.29 is 14.7 Å². The van der Waals surface area contributed by atoms with Crippen LogP contribution in [-0.4, -0.2) is 55.0 Å². The second-order valence-corrected chi connectivity index (χ2v) is 8.67. The number of carbonyl (C=O) groups excluding carboxylic acids is 2. The average molecular weight is 495 g/mol. The molecule has 1 aliphatic rings. The summed E-state index contributed by atoms with van der Waals surface area (Å²) in [7, 11) is 2.13. The van der Waals surface area contributed by atoms with Gasteiger partial charge in [-0.3, -0.25) is 9.59 Å². The largest absolute Gasteiger partial charge is 0.506 e. The van der Waals surface area contributed by atoms with Gasteiger partial charge in [0.1, 0.15) is 5.75 Å². The maximum absolute atomic E-state index is 13.0. The number of aromatic hydroxyl groups is 1. The van der Waals surface area contributed by atoms with Crippen molar-refractivity contribution in [1.29, 1.82) is 0 Å². The van der Waals surface area contributed by atoms with Crippen molar-refractivity contribution in [2.45, 2.75) is 13.3 Å². The number of hydrogen-bond donors (Lipinski definition) is 3. The zero-order valence-corrected chi connectivity index (χ0v) is 20.8. The second kappa shape index (κ2) is 11.7. The quantitative estimate of drug-likeness (QED) is 0.445. The van der Waals surface area contributed by atoms with Crippen LogP contribution in [0.2, 0.25) is 0 Å². The molecule has 1 saturated heterocycles. The molecule has 35 heavy (non-hydrogen) atoms. The molecule has 3 aromatic rings. The van der Waals surface area contributed by atoms with Gasteiger partial charge in [0, 0.05) is 36.6 Å². The van der Waals surface area contributed by atoms with Crippen LogP contribution >= 0.6 is 12.4 Å². The van der Waals surface area contributed by atoms with Gasteiger partial charge in [-0.15, -0.1) is 12.4 Å². The zero-order valence-electron chi connectivity index (χ0n) is 20.0. The summed E-state index contributed by atoms with van der Waals surface area (Å²) >= 11 is 0. The zero-order chi connectivity index (χ0) is 24.1. The highest BCUT2D eigenvalue weighted by Crippen LogP contribution is 2.29. The molecule has 0 radical (unpaired) electrons. The van der Waals surface area contributed by atoms with Gasteiger partial charge in [0.05, 0.1) is 11.3 Å². The number of para-hydroxylation sites is 1. The first-order valence-electron chi connectivity index (χ1n) is 11.5. The summed E-state index contributed by atoms with van der Waals surface area (Å²) in [5.74, 6) is -0.984. The Morgan fingerprint density at radius 2 is 1.60 bits per heavy atom. The smallest absolute Gasteiger partial charge is 0.257 e. The van der Waals surface area contributed by atoms with Crippen LogP contribution in [0.15, 0.2) is 66.7 Å². The van der Waals surface area contributed by atoms with Crippen LogP contribution in [0.5, 0.6) is 5.75 Å². The van der Waals surface area contributed by atoms with E-state index < -0.39 is 11.8 Å². The molecule has 0 atom stereocenters. The van der Waals surface area contributed by atoms with Crippen molar-refractivity contribution >= 4 is 41.3 Å². The molecule has 1 aliphatic heterocycles. The predicted molar refractivity (Wildman–Crippen MR) is 143 cm³/mol. The lowest BCUT2D eigenvalue weighted by Gasteiger charge is -2.23. The molecular weight excluding hydrogens is 464 g/mol. The van der Waals surface area contributed by atoms with Crippen molar-refractivity contribution in [3.05, 3.63) is 83.4 Å². The molecule has 8 heteroatoms. The molecular formula is C27H31ClN4O3. The molecule has 3 aromatic carbocycles. The number of hydrogen-bond acceptors (Lipinski definition) is 5. The molecule has 1 fully saturated rings. The van der Waals surface area contributed by atoms with Crippen molar-refractivity contribution in [3.63, 3.8) is 0 Å². The Kier molecular flexibility index (Phi) is 8.73. The SMILES string of the molecule is Cc1cccc(NC(=O)c2cccc(O)c2NC(=O)c2ccc(N3CCCN(C)CC3)cc2)c1.Cl. The highest BCUT2D eigenvalue weighted by molar-refractivity contribution is 6.13. The molecule has 7 nitrogen and oxygen atoms in total. The summed E-state index contributed by atoms with van der Waals surface area (Å²) in [4.78, 5) is 30.5. The summed E-state index contributed by atoms with van der Waals surface area (Å²) in [5, 5.41) is 15.9. The number of rotatable bonds is 5. The van der Waals surface area contributed by atoms with E-state index in [-0.39, 0.29) is 29.4 Å². The second-order valence-electron chi connectivity index (χ2n) is 8.67. The molecule has 1 heterocycles. The van der Waals surface area contributed by atoms with E-state index in [4.69, 9.17) is 0 Å². The molecule has 2 amide bonds. The minimum absolute atomic E-state index is 0. The van der Waals surface area contributed by atoms with E-state index in [0.717, 1.165) is 43.9 Å². The third-order valence-corrected chi connectivity index (χ3v) is 6.02. The number of phenols is 1. The maximum atomic E-state index is 13.0. The minimum atomic E-state index is -0.418. The molecule has 3 N–H and O–H groups in total. The summed E-state index contributed by atoms with van der Waals surface area (Å²) in [6, 6.07) is 19.4. The fourth-order valence-electron chi connectivity index (χ4n) is 4.10. The van der Waals surface area contributed by atoms with Gasteiger partial charge in [-0.2, -0.15) is 0 Å². The first-order chi connectivity index (χ1) is 16.4. The number of phenolic OH excluding ortho intramolecular Hbond substituents is 1. The fraction of sp³-hybridized carbons (Fsp3) is 0.259. The van der Waals surface area contributed by atoms with Crippen LogP contribution < -0.4 is 15.5 Å². The molecule has 0 spiro atoms. The van der Waals surface area contributed by atoms with E-state index in [0.29, 0.717) is 11.3 Å². The molecule has 0 unspecified atom stereocenters. The van der Waals surface area contributed by atoms with Gasteiger partial charge < -0.3 is 25.5 Å². The van der Waals surface area contributed by atoms with Gasteiger partial charge in [-0.1, -0.05) is 18.2 Å². The molecule has 4 rings (SSSR count). The normalized spacial score (nSPS) is 13.9. The number of benzene rings is 3. The standard InChI is InChI=1S/C27H30N4O3.ClH/c1-19-6-3-7-21(18-19)28-27(34)23-8-4-9-24(32)25(23)29-26(33)20-10-12-22(13-11-20)31-15-5-14-30(2)16-17-31;/h3-4,6-13,18,32H,5,14-17H2,1-2H3,(H,28,34)(H,29,33);1H. The third kappa shape index (κ3) is 6.53. The molecule has 0 aromatic heterocycles. The monoisotopic (exact) mass is 494 g/mol. The highest BCUT2D eigenvalue weighted by Gasteiger charge is 2.19. The van der Waals surface area contributed by atoms with E-state index in [1.54, 1.807) is 30.3 Å². The van der Waals surface area contributed by atoms with Crippen LogP contribution in [-0.2, 0) is 0 Å². The fourth-order valence-corrected chi connectivity index (χ4v) is 4.10. The summed E-state index contributed by atoms with van der Waals surface area (Å²) in [6.45, 7) is 5.94. The number of likely N-dealkylation sites (N-methyl/N-ethyl adjacent to an activating group) is 1. The lowest BCUT2D eigenvalue weighted by molar-refractivity contribution is 0.102. The van der Waals surface area contributed by atoms with Crippen LogP contribution in [0.4, 0.5) is 17.1 Å². The lowest BCUT2D eigenvalue weighted by atomic mass is 10.1. The van der Waals surface area contributed by atoms with Crippen LogP contribution in [0.3, 0.4) is 0 Å². The number of nitrogens with zero attached hydrogens (tertiary/aromatic N) is 2. The van der Waals surface area contributed by atoms with Gasteiger partial charge in [0.15, 0.2) is 0 Å². The summed E-state index contributed by atoms with van der Waals surface area (Å²) in [5.41, 5.74) is 3.44. The minimum Gasteiger partial charge on any atom is -0.506 e. The topological polar surface area (TPSA) is 84.9 Å². The predicted octanol–water partition coefficient (Wildman–Crippen LogP) is 4.77. The Labute approximate surface area is 212 Å². The molecule has 0 aliphatic carbocycles. The van der Waals surface area contributed by atoms with Gasteiger partial charge in [-0.25, -0.2) is 0 Å². The number of aryl methyl sites for hydroxylation is 1. The van der Waals surface area contributed by atoms with E-state index in [1.807, 2.05) is 37.3 Å². The maximum Gasteiger partial charge on any atom is 0.257 e. The van der Waals surface area contributed by atoms with Crippen LogP contribution in [0, 0.1) is 6.92 Å². The van der Waals surface area contributed by atoms with E-state index in [9.17, 15) is 14.7 Å². The Balaban J connectivity index is 0.00000342.